The summed E-state index contributed by atoms with van der Waals surface area (Å²) in [7, 11) is -4.00. The molecule has 0 spiro atoms. The standard InChI is InChI=1S/GeH4.Li.H5O4PSi.H/c;;1-5(2,3)4-6;/h1H4;;6H3,(H2,1,2,3);/q;+1;;-1. The average molecular weight is 213 g/mol. The van der Waals surface area contributed by atoms with Crippen LogP contribution in [0.2, 0.25) is 0 Å². The zero-order valence-corrected chi connectivity index (χ0v) is 7.05. The fourth-order valence-corrected chi connectivity index (χ4v) is 0. The van der Waals surface area contributed by atoms with Crippen molar-refractivity contribution in [2.75, 3.05) is 0 Å². The predicted octanol–water partition coefficient (Wildman–Crippen LogP) is -5.96. The van der Waals surface area contributed by atoms with Gasteiger partial charge in [-0.05, 0) is 0 Å². The minimum absolute atomic E-state index is 0. The van der Waals surface area contributed by atoms with Crippen LogP contribution < -0.4 is 18.9 Å². The molecule has 0 aliphatic rings. The summed E-state index contributed by atoms with van der Waals surface area (Å²) in [5, 5.41) is 0. The second kappa shape index (κ2) is 6.59. The smallest absolute Gasteiger partial charge is 1.00 e. The Hall–Kier alpha value is 1.47. The van der Waals surface area contributed by atoms with Gasteiger partial charge in [-0.15, -0.1) is 0 Å². The second-order valence-electron chi connectivity index (χ2n) is 0.673. The molecule has 0 heterocycles. The molecule has 4 nitrogen and oxygen atoms in total. The van der Waals surface area contributed by atoms with E-state index in [9.17, 15) is 4.57 Å². The van der Waals surface area contributed by atoms with Crippen LogP contribution in [0.15, 0.2) is 0 Å². The van der Waals surface area contributed by atoms with Crippen molar-refractivity contribution < 1.29 is 38.9 Å². The van der Waals surface area contributed by atoms with E-state index in [1.165, 1.54) is 0 Å². The fraction of sp³-hybridized carbons (Fsp3) is 0. The van der Waals surface area contributed by atoms with Gasteiger partial charge in [0.25, 0.3) is 0 Å². The van der Waals surface area contributed by atoms with Gasteiger partial charge in [-0.25, -0.2) is 4.57 Å². The topological polar surface area (TPSA) is 66.8 Å². The Labute approximate surface area is 74.8 Å². The normalized spacial score (nSPS) is 9.25. The first-order valence-electron chi connectivity index (χ1n) is 1.17. The molecule has 8 heavy (non-hydrogen) atoms. The van der Waals surface area contributed by atoms with Crippen LogP contribution in [0.4, 0.5) is 0 Å². The van der Waals surface area contributed by atoms with Crippen LogP contribution in [-0.2, 0) is 8.78 Å². The van der Waals surface area contributed by atoms with Crippen molar-refractivity contribution in [1.29, 1.82) is 0 Å². The van der Waals surface area contributed by atoms with Crippen molar-refractivity contribution in [2.45, 2.75) is 0 Å². The molecule has 0 saturated heterocycles. The molecule has 48 valence electrons. The quantitative estimate of drug-likeness (QED) is 0.336. The van der Waals surface area contributed by atoms with Crippen molar-refractivity contribution in [3.05, 3.63) is 0 Å². The summed E-state index contributed by atoms with van der Waals surface area (Å²) in [6.07, 6.45) is 0. The summed E-state index contributed by atoms with van der Waals surface area (Å²) in [6.45, 7) is 0. The van der Waals surface area contributed by atoms with Gasteiger partial charge in [0, 0.05) is 0 Å². The van der Waals surface area contributed by atoms with Gasteiger partial charge in [-0.3, -0.25) is 0 Å². The van der Waals surface area contributed by atoms with E-state index in [0.717, 1.165) is 0 Å². The Bertz CT molecular complexity index is 84.6. The molecule has 2 N–H and O–H groups in total. The minimum Gasteiger partial charge on any atom is -1.00 e. The van der Waals surface area contributed by atoms with Crippen LogP contribution in [0.25, 0.3) is 0 Å². The molecule has 0 aromatic rings. The van der Waals surface area contributed by atoms with E-state index in [1.807, 2.05) is 0 Å². The maximum atomic E-state index is 9.51. The van der Waals surface area contributed by atoms with E-state index in [1.54, 1.807) is 0 Å². The summed E-state index contributed by atoms with van der Waals surface area (Å²) >= 11 is 0. The first-order chi connectivity index (χ1) is 2.56. The van der Waals surface area contributed by atoms with Gasteiger partial charge < -0.3 is 15.4 Å². The molecule has 8 heteroatoms. The zero-order chi connectivity index (χ0) is 5.21. The molecular weight excluding hydrogens is 203 g/mol. The third-order valence-electron chi connectivity index (χ3n) is 0.238. The summed E-state index contributed by atoms with van der Waals surface area (Å²) in [5.41, 5.74) is 0. The molecule has 0 aromatic carbocycles. The van der Waals surface area contributed by atoms with E-state index in [0.29, 0.717) is 0 Å². The van der Waals surface area contributed by atoms with Crippen molar-refractivity contribution in [3.8, 4) is 0 Å². The molecule has 0 unspecified atom stereocenters. The Balaban J connectivity index is -0.0000000417. The molecule has 0 fully saturated rings. The van der Waals surface area contributed by atoms with Crippen LogP contribution in [0.3, 0.4) is 0 Å². The van der Waals surface area contributed by atoms with Crippen molar-refractivity contribution in [3.63, 3.8) is 0 Å². The predicted molar refractivity (Wildman–Crippen MR) is 35.5 cm³/mol. The average Bonchev–Trinajstić information content (AvgIpc) is 1.35. The molecule has 0 bridgehead atoms. The molecule has 0 amide bonds. The van der Waals surface area contributed by atoms with Gasteiger partial charge in [-0.2, -0.15) is 0 Å². The van der Waals surface area contributed by atoms with E-state index in [-0.39, 0.29) is 48.4 Å². The van der Waals surface area contributed by atoms with E-state index >= 15 is 0 Å². The van der Waals surface area contributed by atoms with Gasteiger partial charge in [0.1, 0.15) is 0 Å². The van der Waals surface area contributed by atoms with Crippen LogP contribution in [0.5, 0.6) is 0 Å². The van der Waals surface area contributed by atoms with Crippen molar-refractivity contribution >= 4 is 35.9 Å². The Kier molecular flexibility index (Phi) is 13.4. The summed E-state index contributed by atoms with van der Waals surface area (Å²) in [6, 6.07) is 0. The largest absolute Gasteiger partial charge is 1.00 e. The van der Waals surface area contributed by atoms with Gasteiger partial charge in [0.05, 0.1) is 0 Å². The first kappa shape index (κ1) is 16.2. The van der Waals surface area contributed by atoms with Crippen LogP contribution in [-0.4, -0.2) is 37.9 Å². The molecule has 0 rings (SSSR count). The molecular formula is H10GeLiO4PSi. The maximum absolute atomic E-state index is 9.51. The molecule has 0 aliphatic heterocycles. The number of phosphoric acid groups is 1. The molecule has 0 saturated carbocycles. The van der Waals surface area contributed by atoms with Crippen LogP contribution >= 0.6 is 7.82 Å². The Morgan fingerprint density at radius 1 is 1.62 bits per heavy atom. The van der Waals surface area contributed by atoms with E-state index in [4.69, 9.17) is 9.79 Å². The van der Waals surface area contributed by atoms with E-state index < -0.39 is 7.82 Å². The van der Waals surface area contributed by atoms with Crippen LogP contribution in [0, 0.1) is 0 Å². The van der Waals surface area contributed by atoms with Crippen molar-refractivity contribution in [2.24, 2.45) is 0 Å². The van der Waals surface area contributed by atoms with Crippen molar-refractivity contribution in [1.82, 2.24) is 0 Å². The summed E-state index contributed by atoms with van der Waals surface area (Å²) < 4.78 is 13.2. The van der Waals surface area contributed by atoms with Gasteiger partial charge in [-0.1, -0.05) is 0 Å². The molecule has 0 aromatic heterocycles. The molecule has 0 atom stereocenters. The van der Waals surface area contributed by atoms with Gasteiger partial charge in [0.2, 0.25) is 0 Å². The summed E-state index contributed by atoms with van der Waals surface area (Å²) in [5.74, 6) is 0. The van der Waals surface area contributed by atoms with E-state index in [2.05, 4.69) is 4.21 Å². The fourth-order valence-electron chi connectivity index (χ4n) is 0. The monoisotopic (exact) mass is 214 g/mol. The molecule has 0 aliphatic carbocycles. The van der Waals surface area contributed by atoms with Gasteiger partial charge in [0.15, 0.2) is 10.5 Å². The second-order valence-corrected chi connectivity index (χ2v) is 3.11. The summed E-state index contributed by atoms with van der Waals surface area (Å²) in [4.78, 5) is 15.5. The maximum Gasteiger partial charge on any atom is 1.00 e. The first-order valence-corrected chi connectivity index (χ1v) is 3.52. The SMILES string of the molecule is O=P(O)(O)O[SiH3].[GeH4].[H-].[Li+]. The Morgan fingerprint density at radius 3 is 1.75 bits per heavy atom. The number of hydrogen-bond acceptors (Lipinski definition) is 2. The number of hydrogen-bond donors (Lipinski definition) is 2. The third-order valence-corrected chi connectivity index (χ3v) is 2.14. The van der Waals surface area contributed by atoms with Crippen LogP contribution in [0.1, 0.15) is 1.43 Å². The Morgan fingerprint density at radius 2 is 1.75 bits per heavy atom. The third kappa shape index (κ3) is 15.7. The zero-order valence-electron chi connectivity index (χ0n) is 5.16. The van der Waals surface area contributed by atoms with Gasteiger partial charge >= 0.3 is 44.3 Å². The number of rotatable bonds is 1. The molecule has 0 radical (unpaired) electrons. The minimum atomic E-state index is -4.08.